The molecule has 0 aliphatic carbocycles. The summed E-state index contributed by atoms with van der Waals surface area (Å²) in [5.74, 6) is 1.06. The molecule has 232 valence electrons. The molecule has 0 unspecified atom stereocenters. The third kappa shape index (κ3) is 4.55. The van der Waals surface area contributed by atoms with E-state index in [0.717, 1.165) is 63.2 Å². The number of amides is 2. The van der Waals surface area contributed by atoms with Gasteiger partial charge in [0.25, 0.3) is 5.91 Å². The highest BCUT2D eigenvalue weighted by atomic mass is 16.5. The summed E-state index contributed by atoms with van der Waals surface area (Å²) in [6.07, 6.45) is 1.81. The van der Waals surface area contributed by atoms with Gasteiger partial charge in [0.05, 0.1) is 11.2 Å². The Kier molecular flexibility index (Phi) is 7.35. The Labute approximate surface area is 268 Å². The van der Waals surface area contributed by atoms with Gasteiger partial charge >= 0.3 is 0 Å². The topological polar surface area (TPSA) is 95.6 Å². The molecule has 3 heterocycles. The lowest BCUT2D eigenvalue weighted by Gasteiger charge is -2.45. The van der Waals surface area contributed by atoms with E-state index in [-0.39, 0.29) is 24.8 Å². The van der Waals surface area contributed by atoms with Gasteiger partial charge in [-0.3, -0.25) is 14.6 Å². The number of para-hydroxylation sites is 1. The maximum Gasteiger partial charge on any atom is 0.255 e. The average molecular weight is 612 g/mol. The van der Waals surface area contributed by atoms with Gasteiger partial charge in [0.15, 0.2) is 0 Å². The van der Waals surface area contributed by atoms with Crippen molar-refractivity contribution >= 4 is 39.8 Å². The molecule has 2 aliphatic heterocycles. The summed E-state index contributed by atoms with van der Waals surface area (Å²) < 4.78 is 6.69. The van der Waals surface area contributed by atoms with Crippen LogP contribution in [-0.4, -0.2) is 41.3 Å². The molecule has 8 heteroatoms. The van der Waals surface area contributed by atoms with E-state index in [1.165, 1.54) is 0 Å². The smallest absolute Gasteiger partial charge is 0.255 e. The van der Waals surface area contributed by atoms with Crippen LogP contribution in [0.3, 0.4) is 0 Å². The van der Waals surface area contributed by atoms with Crippen LogP contribution in [0.2, 0.25) is 0 Å². The second kappa shape index (κ2) is 11.5. The number of hydrogen-bond acceptors (Lipinski definition) is 6. The lowest BCUT2D eigenvalue weighted by Crippen LogP contribution is -2.48. The van der Waals surface area contributed by atoms with E-state index in [4.69, 9.17) is 4.74 Å². The largest absolute Gasteiger partial charge is 0.456 e. The fourth-order valence-electron chi connectivity index (χ4n) is 7.05. The van der Waals surface area contributed by atoms with E-state index in [1.807, 2.05) is 71.6 Å². The molecule has 7 rings (SSSR count). The molecule has 0 saturated heterocycles. The number of aryl methyl sites for hydroxylation is 2. The molecule has 2 aliphatic rings. The first-order valence-corrected chi connectivity index (χ1v) is 15.9. The van der Waals surface area contributed by atoms with Crippen LogP contribution < -0.4 is 20.7 Å². The first-order chi connectivity index (χ1) is 22.4. The predicted molar refractivity (Wildman–Crippen MR) is 183 cm³/mol. The summed E-state index contributed by atoms with van der Waals surface area (Å²) in [6.45, 7) is 9.99. The Morgan fingerprint density at radius 3 is 2.13 bits per heavy atom. The number of aromatic nitrogens is 1. The second-order valence-electron chi connectivity index (χ2n) is 11.9. The van der Waals surface area contributed by atoms with Crippen LogP contribution in [0.25, 0.3) is 10.9 Å². The van der Waals surface area contributed by atoms with Gasteiger partial charge in [0.2, 0.25) is 5.91 Å². The van der Waals surface area contributed by atoms with Gasteiger partial charge in [-0.25, -0.2) is 0 Å². The van der Waals surface area contributed by atoms with Gasteiger partial charge in [-0.2, -0.15) is 0 Å². The number of pyridine rings is 1. The zero-order valence-corrected chi connectivity index (χ0v) is 26.5. The van der Waals surface area contributed by atoms with Crippen molar-refractivity contribution in [2.24, 2.45) is 0 Å². The first kappa shape index (κ1) is 29.3. The number of carbonyl (C=O) groups excluding carboxylic acids is 2. The van der Waals surface area contributed by atoms with Crippen LogP contribution in [0.5, 0.6) is 11.5 Å². The molecule has 4 aromatic carbocycles. The third-order valence-electron chi connectivity index (χ3n) is 9.05. The lowest BCUT2D eigenvalue weighted by molar-refractivity contribution is -0.116. The fourth-order valence-corrected chi connectivity index (χ4v) is 7.05. The van der Waals surface area contributed by atoms with Crippen LogP contribution in [0.15, 0.2) is 85.1 Å². The summed E-state index contributed by atoms with van der Waals surface area (Å²) >= 11 is 0. The van der Waals surface area contributed by atoms with Crippen molar-refractivity contribution in [3.05, 3.63) is 118 Å². The maximum atomic E-state index is 14.5. The lowest BCUT2D eigenvalue weighted by atomic mass is 9.73. The molecule has 1 spiro atoms. The van der Waals surface area contributed by atoms with E-state index in [9.17, 15) is 9.59 Å². The maximum absolute atomic E-state index is 14.5. The number of nitrogens with zero attached hydrogens (tertiary/aromatic N) is 2. The van der Waals surface area contributed by atoms with E-state index >= 15 is 0 Å². The molecule has 0 bridgehead atoms. The normalized spacial score (nSPS) is 14.0. The van der Waals surface area contributed by atoms with Gasteiger partial charge in [0.1, 0.15) is 17.0 Å². The van der Waals surface area contributed by atoms with Crippen LogP contribution >= 0.6 is 0 Å². The van der Waals surface area contributed by atoms with Gasteiger partial charge in [-0.1, -0.05) is 36.4 Å². The monoisotopic (exact) mass is 611 g/mol. The van der Waals surface area contributed by atoms with Crippen LogP contribution in [0.4, 0.5) is 17.1 Å². The van der Waals surface area contributed by atoms with E-state index in [1.54, 1.807) is 6.20 Å². The van der Waals surface area contributed by atoms with Crippen molar-refractivity contribution in [2.75, 3.05) is 35.6 Å². The van der Waals surface area contributed by atoms with E-state index in [0.29, 0.717) is 22.7 Å². The van der Waals surface area contributed by atoms with E-state index in [2.05, 4.69) is 60.8 Å². The molecule has 1 aromatic heterocycles. The number of nitrogens with one attached hydrogen (secondary N) is 3. The third-order valence-corrected chi connectivity index (χ3v) is 9.05. The van der Waals surface area contributed by atoms with Gasteiger partial charge in [-0.15, -0.1) is 0 Å². The minimum atomic E-state index is -0.997. The molecule has 0 atom stereocenters. The van der Waals surface area contributed by atoms with E-state index < -0.39 is 5.54 Å². The van der Waals surface area contributed by atoms with Crippen LogP contribution in [-0.2, 0) is 10.3 Å². The molecule has 0 saturated carbocycles. The number of ether oxygens (including phenoxy) is 1. The molecule has 2 amide bonds. The van der Waals surface area contributed by atoms with Gasteiger partial charge < -0.3 is 25.6 Å². The summed E-state index contributed by atoms with van der Waals surface area (Å²) in [5.41, 5.74) is 7.70. The highest BCUT2D eigenvalue weighted by Gasteiger charge is 2.56. The Morgan fingerprint density at radius 2 is 1.46 bits per heavy atom. The molecule has 46 heavy (non-hydrogen) atoms. The van der Waals surface area contributed by atoms with Crippen LogP contribution in [0.1, 0.15) is 58.4 Å². The Bertz CT molecular complexity index is 1950. The Morgan fingerprint density at radius 1 is 0.804 bits per heavy atom. The highest BCUT2D eigenvalue weighted by molar-refractivity contribution is 6.04. The minimum absolute atomic E-state index is 0.0964. The van der Waals surface area contributed by atoms with Gasteiger partial charge in [-0.05, 0) is 74.7 Å². The highest BCUT2D eigenvalue weighted by Crippen LogP contribution is 2.58. The molecular weight excluding hydrogens is 574 g/mol. The molecule has 0 radical (unpaired) electrons. The summed E-state index contributed by atoms with van der Waals surface area (Å²) in [7, 11) is 0. The molecule has 0 fully saturated rings. The Balaban J connectivity index is 1.37. The zero-order valence-electron chi connectivity index (χ0n) is 26.5. The number of benzene rings is 4. The predicted octanol–water partition coefficient (Wildman–Crippen LogP) is 7.60. The number of rotatable bonds is 8. The Hall–Kier alpha value is -5.37. The number of carbonyl (C=O) groups is 2. The summed E-state index contributed by atoms with van der Waals surface area (Å²) in [4.78, 5) is 34.4. The molecule has 5 aromatic rings. The summed E-state index contributed by atoms with van der Waals surface area (Å²) in [5, 5.41) is 10.9. The molecule has 3 N–H and O–H groups in total. The average Bonchev–Trinajstić information content (AvgIpc) is 3.30. The van der Waals surface area contributed by atoms with Crippen molar-refractivity contribution in [1.82, 2.24) is 9.88 Å². The second-order valence-corrected chi connectivity index (χ2v) is 11.9. The number of fused-ring (bicyclic) bond motifs is 7. The minimum Gasteiger partial charge on any atom is -0.456 e. The van der Waals surface area contributed by atoms with Crippen LogP contribution in [0, 0.1) is 13.8 Å². The van der Waals surface area contributed by atoms with Crippen molar-refractivity contribution in [1.29, 1.82) is 0 Å². The fraction of sp³-hybridized carbons (Fsp3) is 0.237. The zero-order chi connectivity index (χ0) is 32.0. The summed E-state index contributed by atoms with van der Waals surface area (Å²) in [6, 6.07) is 25.7. The molecule has 8 nitrogen and oxygen atoms in total. The molecular formula is C38H37N5O3. The standard InChI is InChI=1S/C38H37N5O3/c1-5-39-31-21-33-28(19-23(31)3)38(29-20-24(4)32(40-6-2)22-34(29)46-33)27-14-8-7-13-26(27)37(45)43(38)18-16-35(44)42-30-15-9-11-25-12-10-17-41-36(25)30/h7-15,17,19-22,39-40H,5-6,16,18H2,1-4H3,(H,42,44). The quantitative estimate of drug-likeness (QED) is 0.167. The number of hydrogen-bond donors (Lipinski definition) is 3. The number of anilines is 3. The SMILES string of the molecule is CCNc1cc2c(cc1C)C1(c3cc(C)c(NCC)cc3O2)c2ccccc2C(=O)N1CCC(=O)Nc1cccc2cccnc12. The van der Waals surface area contributed by atoms with Crippen molar-refractivity contribution < 1.29 is 14.3 Å². The van der Waals surface area contributed by atoms with Crippen molar-refractivity contribution in [2.45, 2.75) is 39.7 Å². The first-order valence-electron chi connectivity index (χ1n) is 15.9. The van der Waals surface area contributed by atoms with Crippen molar-refractivity contribution in [3.63, 3.8) is 0 Å². The van der Waals surface area contributed by atoms with Gasteiger partial charge in [0, 0.05) is 77.8 Å². The van der Waals surface area contributed by atoms with Crippen molar-refractivity contribution in [3.8, 4) is 11.5 Å².